The number of fused-ring (bicyclic) bond motifs is 1. The van der Waals surface area contributed by atoms with Crippen molar-refractivity contribution >= 4 is 0 Å². The lowest BCUT2D eigenvalue weighted by molar-refractivity contribution is -0.168. The predicted octanol–water partition coefficient (Wildman–Crippen LogP) is 5.34. The molecule has 1 heteroatoms. The van der Waals surface area contributed by atoms with Gasteiger partial charge in [-0.1, -0.05) is 32.8 Å². The Balaban J connectivity index is 2.30. The molecule has 0 aliphatic heterocycles. The van der Waals surface area contributed by atoms with E-state index >= 15 is 0 Å². The Labute approximate surface area is 125 Å². The third-order valence-corrected chi connectivity index (χ3v) is 6.62. The van der Waals surface area contributed by atoms with E-state index in [1.807, 2.05) is 0 Å². The molecule has 0 bridgehead atoms. The summed E-state index contributed by atoms with van der Waals surface area (Å²) in [5.41, 5.74) is 1.50. The van der Waals surface area contributed by atoms with E-state index in [9.17, 15) is 5.11 Å². The molecule has 2 aliphatic carbocycles. The fraction of sp³-hybridized carbons (Fsp3) is 0.895. The maximum atomic E-state index is 11.0. The van der Waals surface area contributed by atoms with Crippen molar-refractivity contribution in [3.05, 3.63) is 12.2 Å². The molecule has 4 atom stereocenters. The van der Waals surface area contributed by atoms with Crippen LogP contribution in [0, 0.1) is 22.7 Å². The highest BCUT2D eigenvalue weighted by Crippen LogP contribution is 2.62. The van der Waals surface area contributed by atoms with Crippen molar-refractivity contribution in [3.63, 3.8) is 0 Å². The molecule has 2 rings (SSSR count). The van der Waals surface area contributed by atoms with Crippen molar-refractivity contribution in [3.8, 4) is 0 Å². The van der Waals surface area contributed by atoms with Gasteiger partial charge in [0, 0.05) is 0 Å². The number of hydrogen-bond donors (Lipinski definition) is 1. The van der Waals surface area contributed by atoms with Gasteiger partial charge in [-0.15, -0.1) is 6.58 Å². The van der Waals surface area contributed by atoms with Crippen LogP contribution in [-0.4, -0.2) is 10.7 Å². The van der Waals surface area contributed by atoms with Crippen molar-refractivity contribution < 1.29 is 5.11 Å². The standard InChI is InChI=1S/C19H34O/c1-14(2)8-9-16-18(5)12-7-11-17(3,4)15(18)10-13-19(16,6)20/h15-16,20H,1,7-13H2,2-6H3/t15-,16+,18-,19+/m0/s1. The van der Waals surface area contributed by atoms with Gasteiger partial charge in [0.15, 0.2) is 0 Å². The summed E-state index contributed by atoms with van der Waals surface area (Å²) in [5, 5.41) is 11.0. The molecule has 0 aromatic carbocycles. The van der Waals surface area contributed by atoms with Crippen LogP contribution in [0.5, 0.6) is 0 Å². The average molecular weight is 278 g/mol. The molecule has 20 heavy (non-hydrogen) atoms. The Kier molecular flexibility index (Phi) is 4.15. The van der Waals surface area contributed by atoms with Crippen molar-refractivity contribution in [2.75, 3.05) is 0 Å². The SMILES string of the molecule is C=C(C)CC[C@@H]1[C@@]2(C)CCCC(C)(C)[C@@H]2CC[C@@]1(C)O. The smallest absolute Gasteiger partial charge is 0.0653 e. The fourth-order valence-corrected chi connectivity index (χ4v) is 5.66. The number of rotatable bonds is 3. The number of aliphatic hydroxyl groups is 1. The minimum absolute atomic E-state index is 0.305. The molecule has 0 saturated heterocycles. The Bertz CT molecular complexity index is 379. The zero-order chi connectivity index (χ0) is 15.2. The van der Waals surface area contributed by atoms with Crippen LogP contribution < -0.4 is 0 Å². The third-order valence-electron chi connectivity index (χ3n) is 6.62. The molecule has 0 spiro atoms. The summed E-state index contributed by atoms with van der Waals surface area (Å²) in [7, 11) is 0. The Morgan fingerprint density at radius 2 is 1.80 bits per heavy atom. The normalized spacial score (nSPS) is 43.9. The van der Waals surface area contributed by atoms with E-state index < -0.39 is 5.60 Å². The maximum absolute atomic E-state index is 11.0. The molecule has 0 aromatic heterocycles. The van der Waals surface area contributed by atoms with Gasteiger partial charge in [-0.25, -0.2) is 0 Å². The van der Waals surface area contributed by atoms with E-state index in [4.69, 9.17) is 0 Å². The number of allylic oxidation sites excluding steroid dienone is 1. The van der Waals surface area contributed by atoms with Gasteiger partial charge in [0.1, 0.15) is 0 Å². The summed E-state index contributed by atoms with van der Waals surface area (Å²) in [6.45, 7) is 15.6. The lowest BCUT2D eigenvalue weighted by Gasteiger charge is -2.61. The van der Waals surface area contributed by atoms with Gasteiger partial charge in [-0.05, 0) is 75.0 Å². The molecule has 0 radical (unpaired) electrons. The van der Waals surface area contributed by atoms with Gasteiger partial charge in [-0.2, -0.15) is 0 Å². The van der Waals surface area contributed by atoms with Crippen molar-refractivity contribution in [2.45, 2.75) is 85.2 Å². The van der Waals surface area contributed by atoms with Gasteiger partial charge in [0.05, 0.1) is 5.60 Å². The topological polar surface area (TPSA) is 20.2 Å². The van der Waals surface area contributed by atoms with Crippen molar-refractivity contribution in [1.82, 2.24) is 0 Å². The summed E-state index contributed by atoms with van der Waals surface area (Å²) in [4.78, 5) is 0. The molecular formula is C19H34O. The largest absolute Gasteiger partial charge is 0.390 e. The number of hydrogen-bond acceptors (Lipinski definition) is 1. The molecule has 0 aromatic rings. The van der Waals surface area contributed by atoms with E-state index in [-0.39, 0.29) is 0 Å². The summed E-state index contributed by atoms with van der Waals surface area (Å²) in [6.07, 6.45) is 8.28. The first kappa shape index (κ1) is 16.1. The first-order chi connectivity index (χ1) is 9.09. The Morgan fingerprint density at radius 3 is 2.40 bits per heavy atom. The molecule has 0 unspecified atom stereocenters. The fourth-order valence-electron chi connectivity index (χ4n) is 5.66. The second kappa shape index (κ2) is 5.16. The maximum Gasteiger partial charge on any atom is 0.0653 e. The molecule has 2 fully saturated rings. The van der Waals surface area contributed by atoms with E-state index in [0.717, 1.165) is 25.2 Å². The van der Waals surface area contributed by atoms with Crippen LogP contribution in [0.4, 0.5) is 0 Å². The van der Waals surface area contributed by atoms with E-state index in [2.05, 4.69) is 41.2 Å². The van der Waals surface area contributed by atoms with E-state index in [1.54, 1.807) is 0 Å². The van der Waals surface area contributed by atoms with E-state index in [1.165, 1.54) is 31.3 Å². The van der Waals surface area contributed by atoms with Crippen LogP contribution in [-0.2, 0) is 0 Å². The Hall–Kier alpha value is -0.300. The lowest BCUT2D eigenvalue weighted by atomic mass is 9.45. The molecule has 1 nitrogen and oxygen atoms in total. The monoisotopic (exact) mass is 278 g/mol. The highest BCUT2D eigenvalue weighted by Gasteiger charge is 2.57. The van der Waals surface area contributed by atoms with Gasteiger partial charge in [0.2, 0.25) is 0 Å². The third kappa shape index (κ3) is 2.71. The van der Waals surface area contributed by atoms with Crippen molar-refractivity contribution in [1.29, 1.82) is 0 Å². The quantitative estimate of drug-likeness (QED) is 0.691. The molecule has 0 heterocycles. The Morgan fingerprint density at radius 1 is 1.15 bits per heavy atom. The predicted molar refractivity (Wildman–Crippen MR) is 86.6 cm³/mol. The van der Waals surface area contributed by atoms with Gasteiger partial charge in [0.25, 0.3) is 0 Å². The molecule has 1 N–H and O–H groups in total. The molecule has 2 aliphatic rings. The zero-order valence-electron chi connectivity index (χ0n) is 14.3. The molecule has 2 saturated carbocycles. The highest BCUT2D eigenvalue weighted by molar-refractivity contribution is 5.08. The van der Waals surface area contributed by atoms with Crippen LogP contribution in [0.15, 0.2) is 12.2 Å². The van der Waals surface area contributed by atoms with Crippen LogP contribution in [0.2, 0.25) is 0 Å². The second-order valence-electron chi connectivity index (χ2n) is 8.84. The molecule has 116 valence electrons. The van der Waals surface area contributed by atoms with E-state index in [0.29, 0.717) is 16.7 Å². The highest BCUT2D eigenvalue weighted by atomic mass is 16.3. The van der Waals surface area contributed by atoms with Gasteiger partial charge >= 0.3 is 0 Å². The average Bonchev–Trinajstić information content (AvgIpc) is 2.25. The lowest BCUT2D eigenvalue weighted by Crippen LogP contribution is -2.57. The second-order valence-corrected chi connectivity index (χ2v) is 8.84. The zero-order valence-corrected chi connectivity index (χ0v) is 14.3. The van der Waals surface area contributed by atoms with Crippen LogP contribution in [0.25, 0.3) is 0 Å². The first-order valence-corrected chi connectivity index (χ1v) is 8.46. The van der Waals surface area contributed by atoms with Crippen LogP contribution in [0.1, 0.15) is 79.6 Å². The summed E-state index contributed by atoms with van der Waals surface area (Å²) in [5.74, 6) is 1.18. The van der Waals surface area contributed by atoms with Crippen LogP contribution in [0.3, 0.4) is 0 Å². The molecule has 0 amide bonds. The van der Waals surface area contributed by atoms with Gasteiger partial charge in [-0.3, -0.25) is 0 Å². The minimum Gasteiger partial charge on any atom is -0.390 e. The van der Waals surface area contributed by atoms with Gasteiger partial charge < -0.3 is 5.11 Å². The summed E-state index contributed by atoms with van der Waals surface area (Å²) < 4.78 is 0. The first-order valence-electron chi connectivity index (χ1n) is 8.46. The van der Waals surface area contributed by atoms with Crippen LogP contribution >= 0.6 is 0 Å². The summed E-state index contributed by atoms with van der Waals surface area (Å²) >= 11 is 0. The minimum atomic E-state index is -0.492. The summed E-state index contributed by atoms with van der Waals surface area (Å²) in [6, 6.07) is 0. The van der Waals surface area contributed by atoms with Crippen molar-refractivity contribution in [2.24, 2.45) is 22.7 Å². The molecular weight excluding hydrogens is 244 g/mol.